The van der Waals surface area contributed by atoms with Gasteiger partial charge in [-0.3, -0.25) is 9.69 Å². The molecule has 2 aliphatic heterocycles. The van der Waals surface area contributed by atoms with Crippen molar-refractivity contribution in [3.8, 4) is 0 Å². The Balaban J connectivity index is 1.91. The molecule has 0 aromatic carbocycles. The molecular weight excluding hydrogens is 266 g/mol. The summed E-state index contributed by atoms with van der Waals surface area (Å²) in [7, 11) is 0. The van der Waals surface area contributed by atoms with Gasteiger partial charge < -0.3 is 16.4 Å². The Morgan fingerprint density at radius 2 is 2.19 bits per heavy atom. The van der Waals surface area contributed by atoms with Gasteiger partial charge in [0.15, 0.2) is 0 Å². The molecule has 1 aromatic rings. The topological polar surface area (TPSA) is 88.5 Å². The summed E-state index contributed by atoms with van der Waals surface area (Å²) in [6.07, 6.45) is 5.38. The number of rotatable bonds is 2. The van der Waals surface area contributed by atoms with Gasteiger partial charge in [-0.15, -0.1) is 0 Å². The van der Waals surface area contributed by atoms with E-state index in [1.807, 2.05) is 0 Å². The van der Waals surface area contributed by atoms with Gasteiger partial charge in [0, 0.05) is 25.2 Å². The van der Waals surface area contributed by atoms with Gasteiger partial charge in [0.25, 0.3) is 5.91 Å². The SMILES string of the molecule is CC1CN2CCCCC2CN1c1ncc(N)cc1C(N)=O. The largest absolute Gasteiger partial charge is 0.397 e. The van der Waals surface area contributed by atoms with Crippen molar-refractivity contribution in [3.63, 3.8) is 0 Å². The summed E-state index contributed by atoms with van der Waals surface area (Å²) in [5, 5.41) is 0. The van der Waals surface area contributed by atoms with Crippen LogP contribution in [0.25, 0.3) is 0 Å². The number of carbonyl (C=O) groups is 1. The Morgan fingerprint density at radius 1 is 1.38 bits per heavy atom. The Bertz CT molecular complexity index is 547. The van der Waals surface area contributed by atoms with Crippen LogP contribution in [0.1, 0.15) is 36.5 Å². The molecule has 2 atom stereocenters. The van der Waals surface area contributed by atoms with Crippen LogP contribution in [0.15, 0.2) is 12.3 Å². The molecule has 4 N–H and O–H groups in total. The van der Waals surface area contributed by atoms with Gasteiger partial charge in [-0.1, -0.05) is 6.42 Å². The Labute approximate surface area is 125 Å². The van der Waals surface area contributed by atoms with Crippen LogP contribution in [0.3, 0.4) is 0 Å². The van der Waals surface area contributed by atoms with Crippen molar-refractivity contribution in [2.75, 3.05) is 30.3 Å². The van der Waals surface area contributed by atoms with E-state index in [0.717, 1.165) is 13.1 Å². The lowest BCUT2D eigenvalue weighted by atomic mass is 9.96. The smallest absolute Gasteiger partial charge is 0.252 e. The van der Waals surface area contributed by atoms with E-state index in [9.17, 15) is 4.79 Å². The Hall–Kier alpha value is -1.82. The van der Waals surface area contributed by atoms with E-state index in [2.05, 4.69) is 21.7 Å². The minimum atomic E-state index is -0.469. The van der Waals surface area contributed by atoms with Crippen LogP contribution in [0, 0.1) is 0 Å². The van der Waals surface area contributed by atoms with Crippen molar-refractivity contribution in [2.24, 2.45) is 5.73 Å². The number of pyridine rings is 1. The zero-order chi connectivity index (χ0) is 15.0. The van der Waals surface area contributed by atoms with Crippen molar-refractivity contribution in [1.82, 2.24) is 9.88 Å². The normalized spacial score (nSPS) is 26.4. The Morgan fingerprint density at radius 3 is 2.95 bits per heavy atom. The number of piperidine rings is 1. The quantitative estimate of drug-likeness (QED) is 0.841. The number of hydrogen-bond acceptors (Lipinski definition) is 5. The second kappa shape index (κ2) is 5.52. The molecule has 6 nitrogen and oxygen atoms in total. The van der Waals surface area contributed by atoms with Crippen molar-refractivity contribution < 1.29 is 4.79 Å². The van der Waals surface area contributed by atoms with Crippen LogP contribution in [-0.2, 0) is 0 Å². The van der Waals surface area contributed by atoms with Crippen molar-refractivity contribution in [2.45, 2.75) is 38.3 Å². The molecule has 1 aromatic heterocycles. The molecule has 0 aliphatic carbocycles. The third kappa shape index (κ3) is 2.68. The fourth-order valence-corrected chi connectivity index (χ4v) is 3.53. The maximum atomic E-state index is 11.7. The minimum absolute atomic E-state index is 0.313. The second-order valence-corrected chi connectivity index (χ2v) is 6.15. The van der Waals surface area contributed by atoms with Gasteiger partial charge in [-0.05, 0) is 32.4 Å². The molecule has 1 amide bonds. The number of hydrogen-bond donors (Lipinski definition) is 2. The van der Waals surface area contributed by atoms with E-state index in [4.69, 9.17) is 11.5 Å². The predicted molar refractivity (Wildman–Crippen MR) is 83.2 cm³/mol. The maximum absolute atomic E-state index is 11.7. The molecule has 2 aliphatic rings. The number of anilines is 2. The number of nitrogen functional groups attached to an aromatic ring is 1. The van der Waals surface area contributed by atoms with E-state index in [-0.39, 0.29) is 0 Å². The van der Waals surface area contributed by atoms with Crippen LogP contribution in [-0.4, -0.2) is 47.5 Å². The minimum Gasteiger partial charge on any atom is -0.397 e. The van der Waals surface area contributed by atoms with E-state index < -0.39 is 5.91 Å². The number of aromatic nitrogens is 1. The van der Waals surface area contributed by atoms with Crippen LogP contribution in [0.2, 0.25) is 0 Å². The third-order valence-corrected chi connectivity index (χ3v) is 4.61. The summed E-state index contributed by atoms with van der Waals surface area (Å²) in [6, 6.07) is 2.49. The van der Waals surface area contributed by atoms with Crippen molar-refractivity contribution >= 4 is 17.4 Å². The van der Waals surface area contributed by atoms with Crippen LogP contribution >= 0.6 is 0 Å². The lowest BCUT2D eigenvalue weighted by Crippen LogP contribution is -2.59. The molecular formula is C15H23N5O. The fraction of sp³-hybridized carbons (Fsp3) is 0.600. The van der Waals surface area contributed by atoms with Gasteiger partial charge >= 0.3 is 0 Å². The van der Waals surface area contributed by atoms with E-state index in [0.29, 0.717) is 29.2 Å². The summed E-state index contributed by atoms with van der Waals surface area (Å²) in [5.41, 5.74) is 12.1. The molecule has 3 rings (SSSR count). The maximum Gasteiger partial charge on any atom is 0.252 e. The first-order chi connectivity index (χ1) is 10.1. The fourth-order valence-electron chi connectivity index (χ4n) is 3.53. The van der Waals surface area contributed by atoms with Gasteiger partial charge in [-0.25, -0.2) is 4.98 Å². The van der Waals surface area contributed by atoms with Crippen molar-refractivity contribution in [1.29, 1.82) is 0 Å². The number of nitrogens with two attached hydrogens (primary N) is 2. The number of carbonyl (C=O) groups excluding carboxylic acids is 1. The first-order valence-electron chi connectivity index (χ1n) is 7.62. The highest BCUT2D eigenvalue weighted by Crippen LogP contribution is 2.29. The number of primary amides is 1. The lowest BCUT2D eigenvalue weighted by molar-refractivity contribution is 0.0997. The highest BCUT2D eigenvalue weighted by Gasteiger charge is 2.34. The van der Waals surface area contributed by atoms with Gasteiger partial charge in [-0.2, -0.15) is 0 Å². The average molecular weight is 289 g/mol. The molecule has 6 heteroatoms. The number of piperazine rings is 1. The molecule has 0 radical (unpaired) electrons. The third-order valence-electron chi connectivity index (χ3n) is 4.61. The van der Waals surface area contributed by atoms with Crippen LogP contribution in [0.4, 0.5) is 11.5 Å². The van der Waals surface area contributed by atoms with E-state index in [1.54, 1.807) is 12.3 Å². The zero-order valence-corrected chi connectivity index (χ0v) is 12.5. The monoisotopic (exact) mass is 289 g/mol. The zero-order valence-electron chi connectivity index (χ0n) is 12.5. The summed E-state index contributed by atoms with van der Waals surface area (Å²) in [4.78, 5) is 20.9. The van der Waals surface area contributed by atoms with Gasteiger partial charge in [0.05, 0.1) is 17.4 Å². The molecule has 2 saturated heterocycles. The molecule has 114 valence electrons. The summed E-state index contributed by atoms with van der Waals surface area (Å²) >= 11 is 0. The summed E-state index contributed by atoms with van der Waals surface area (Å²) in [6.45, 7) is 5.27. The Kier molecular flexibility index (Phi) is 3.71. The van der Waals surface area contributed by atoms with Crippen LogP contribution < -0.4 is 16.4 Å². The van der Waals surface area contributed by atoms with Gasteiger partial charge in [0.2, 0.25) is 0 Å². The highest BCUT2D eigenvalue weighted by atomic mass is 16.1. The molecule has 21 heavy (non-hydrogen) atoms. The first-order valence-corrected chi connectivity index (χ1v) is 7.62. The summed E-state index contributed by atoms with van der Waals surface area (Å²) in [5.74, 6) is 0.206. The summed E-state index contributed by atoms with van der Waals surface area (Å²) < 4.78 is 0. The average Bonchev–Trinajstić information content (AvgIpc) is 2.46. The molecule has 2 fully saturated rings. The highest BCUT2D eigenvalue weighted by molar-refractivity contribution is 5.98. The van der Waals surface area contributed by atoms with E-state index in [1.165, 1.54) is 25.8 Å². The molecule has 0 saturated carbocycles. The lowest BCUT2D eigenvalue weighted by Gasteiger charge is -2.48. The van der Waals surface area contributed by atoms with Crippen molar-refractivity contribution in [3.05, 3.63) is 17.8 Å². The predicted octanol–water partition coefficient (Wildman–Crippen LogP) is 0.826. The number of amides is 1. The first kappa shape index (κ1) is 14.1. The second-order valence-electron chi connectivity index (χ2n) is 6.15. The number of nitrogens with zero attached hydrogens (tertiary/aromatic N) is 3. The molecule has 0 spiro atoms. The number of fused-ring (bicyclic) bond motifs is 1. The molecule has 3 heterocycles. The van der Waals surface area contributed by atoms with Crippen LogP contribution in [0.5, 0.6) is 0 Å². The standard InChI is InChI=1S/C15H23N5O/c1-10-8-19-5-3-2-4-12(19)9-20(10)15-13(14(17)21)6-11(16)7-18-15/h6-7,10,12H,2-5,8-9,16H2,1H3,(H2,17,21). The molecule has 2 unspecified atom stereocenters. The van der Waals surface area contributed by atoms with E-state index >= 15 is 0 Å². The van der Waals surface area contributed by atoms with Gasteiger partial charge in [0.1, 0.15) is 5.82 Å². The molecule has 0 bridgehead atoms.